The van der Waals surface area contributed by atoms with E-state index in [0.717, 1.165) is 50.1 Å². The van der Waals surface area contributed by atoms with Gasteiger partial charge in [0.2, 0.25) is 0 Å². The molecule has 3 rings (SSSR count). The number of halogens is 1. The topological polar surface area (TPSA) is 63.1 Å². The normalized spacial score (nSPS) is 17.0. The van der Waals surface area contributed by atoms with E-state index in [1.807, 2.05) is 20.2 Å². The molecule has 2 aromatic rings. The van der Waals surface area contributed by atoms with Crippen LogP contribution in [0.3, 0.4) is 0 Å². The summed E-state index contributed by atoms with van der Waals surface area (Å²) in [5, 5.41) is 6.94. The predicted octanol–water partition coefficient (Wildman–Crippen LogP) is 2.60. The molecule has 2 N–H and O–H groups in total. The predicted molar refractivity (Wildman–Crippen MR) is 127 cm³/mol. The number of rotatable bonds is 7. The Bertz CT molecular complexity index is 786. The van der Waals surface area contributed by atoms with E-state index in [0.29, 0.717) is 6.04 Å². The first-order valence-corrected chi connectivity index (χ1v) is 9.62. The summed E-state index contributed by atoms with van der Waals surface area (Å²) in [4.78, 5) is 6.80. The number of aryl methyl sites for hydroxylation is 1. The number of nitrogens with zero attached hydrogens (tertiary/aromatic N) is 3. The van der Waals surface area contributed by atoms with Gasteiger partial charge in [-0.05, 0) is 35.7 Å². The van der Waals surface area contributed by atoms with Gasteiger partial charge in [-0.3, -0.25) is 9.89 Å². The van der Waals surface area contributed by atoms with Crippen molar-refractivity contribution in [2.24, 2.45) is 12.0 Å². The fourth-order valence-electron chi connectivity index (χ4n) is 3.55. The molecule has 2 heterocycles. The molecule has 7 nitrogen and oxygen atoms in total. The number of aliphatic imine (C=N–C) groups is 1. The minimum atomic E-state index is 0. The van der Waals surface area contributed by atoms with Crippen molar-refractivity contribution in [2.75, 3.05) is 34.4 Å². The van der Waals surface area contributed by atoms with Crippen LogP contribution in [0.15, 0.2) is 41.7 Å². The van der Waals surface area contributed by atoms with Crippen molar-refractivity contribution < 1.29 is 9.47 Å². The van der Waals surface area contributed by atoms with E-state index in [9.17, 15) is 0 Å². The molecular formula is C21H32IN5O2. The molecule has 1 fully saturated rings. The summed E-state index contributed by atoms with van der Waals surface area (Å²) >= 11 is 0. The first-order valence-electron chi connectivity index (χ1n) is 9.62. The van der Waals surface area contributed by atoms with Gasteiger partial charge < -0.3 is 24.7 Å². The van der Waals surface area contributed by atoms with Crippen LogP contribution >= 0.6 is 24.0 Å². The Balaban J connectivity index is 0.00000300. The highest BCUT2D eigenvalue weighted by Crippen LogP contribution is 2.24. The lowest BCUT2D eigenvalue weighted by atomic mass is 10.2. The van der Waals surface area contributed by atoms with Crippen LogP contribution in [-0.4, -0.2) is 55.8 Å². The quantitative estimate of drug-likeness (QED) is 0.339. The fourth-order valence-corrected chi connectivity index (χ4v) is 3.55. The number of benzene rings is 1. The van der Waals surface area contributed by atoms with Gasteiger partial charge in [-0.25, -0.2) is 0 Å². The smallest absolute Gasteiger partial charge is 0.191 e. The molecule has 1 aromatic carbocycles. The van der Waals surface area contributed by atoms with Crippen LogP contribution in [-0.2, 0) is 20.1 Å². The highest BCUT2D eigenvalue weighted by molar-refractivity contribution is 14.0. The molecule has 0 bridgehead atoms. The average molecular weight is 513 g/mol. The van der Waals surface area contributed by atoms with Crippen molar-refractivity contribution in [3.8, 4) is 11.5 Å². The number of ether oxygens (including phenoxy) is 2. The third-order valence-electron chi connectivity index (χ3n) is 5.01. The Kier molecular flexibility index (Phi) is 9.09. The zero-order valence-electron chi connectivity index (χ0n) is 17.6. The largest absolute Gasteiger partial charge is 0.497 e. The zero-order chi connectivity index (χ0) is 19.9. The van der Waals surface area contributed by atoms with Crippen LogP contribution in [0.5, 0.6) is 11.5 Å². The minimum Gasteiger partial charge on any atom is -0.497 e. The summed E-state index contributed by atoms with van der Waals surface area (Å²) in [5.41, 5.74) is 2.44. The molecule has 1 aromatic heterocycles. The van der Waals surface area contributed by atoms with E-state index in [2.05, 4.69) is 55.7 Å². The van der Waals surface area contributed by atoms with Gasteiger partial charge >= 0.3 is 0 Å². The highest BCUT2D eigenvalue weighted by Gasteiger charge is 2.23. The fraction of sp³-hybridized carbons (Fsp3) is 0.476. The van der Waals surface area contributed by atoms with Crippen molar-refractivity contribution in [1.29, 1.82) is 0 Å². The first kappa shape index (κ1) is 23.3. The molecule has 0 aliphatic carbocycles. The van der Waals surface area contributed by atoms with Crippen LogP contribution in [0.1, 0.15) is 17.5 Å². The maximum atomic E-state index is 5.38. The molecule has 1 aliphatic heterocycles. The number of likely N-dealkylation sites (tertiary alicyclic amines) is 1. The molecule has 0 radical (unpaired) electrons. The maximum absolute atomic E-state index is 5.38. The highest BCUT2D eigenvalue weighted by atomic mass is 127. The van der Waals surface area contributed by atoms with Crippen LogP contribution in [0.4, 0.5) is 0 Å². The molecule has 29 heavy (non-hydrogen) atoms. The van der Waals surface area contributed by atoms with E-state index in [1.165, 1.54) is 11.1 Å². The molecule has 160 valence electrons. The molecular weight excluding hydrogens is 481 g/mol. The van der Waals surface area contributed by atoms with E-state index in [4.69, 9.17) is 9.47 Å². The number of methoxy groups -OCH3 is 2. The van der Waals surface area contributed by atoms with Gasteiger partial charge in [-0.1, -0.05) is 0 Å². The van der Waals surface area contributed by atoms with Crippen LogP contribution in [0.2, 0.25) is 0 Å². The summed E-state index contributed by atoms with van der Waals surface area (Å²) < 4.78 is 12.8. The standard InChI is InChI=1S/C21H31N5O2.HI/c1-22-21(23-12-16-5-7-25(2)13-16)24-18-6-8-26(15-18)14-17-9-19(27-3)11-20(10-17)28-4;/h5,7,9-11,13,18H,6,8,12,14-15H2,1-4H3,(H2,22,23,24);1H. The lowest BCUT2D eigenvalue weighted by Crippen LogP contribution is -2.44. The van der Waals surface area contributed by atoms with Crippen molar-refractivity contribution in [3.63, 3.8) is 0 Å². The Hall–Kier alpha value is -1.94. The molecule has 0 spiro atoms. The van der Waals surface area contributed by atoms with Crippen molar-refractivity contribution in [1.82, 2.24) is 20.1 Å². The first-order chi connectivity index (χ1) is 13.6. The van der Waals surface area contributed by atoms with Crippen LogP contribution in [0, 0.1) is 0 Å². The summed E-state index contributed by atoms with van der Waals surface area (Å²) in [7, 11) is 7.21. The summed E-state index contributed by atoms with van der Waals surface area (Å²) in [6, 6.07) is 8.54. The van der Waals surface area contributed by atoms with Crippen LogP contribution in [0.25, 0.3) is 0 Å². The Morgan fingerprint density at radius 2 is 1.90 bits per heavy atom. The third kappa shape index (κ3) is 6.81. The number of nitrogens with one attached hydrogen (secondary N) is 2. The zero-order valence-corrected chi connectivity index (χ0v) is 20.0. The van der Waals surface area contributed by atoms with E-state index in [1.54, 1.807) is 14.2 Å². The second-order valence-electron chi connectivity index (χ2n) is 7.20. The van der Waals surface area contributed by atoms with Gasteiger partial charge in [-0.15, -0.1) is 24.0 Å². The monoisotopic (exact) mass is 513 g/mol. The Morgan fingerprint density at radius 1 is 1.17 bits per heavy atom. The molecule has 1 atom stereocenters. The lowest BCUT2D eigenvalue weighted by Gasteiger charge is -2.19. The molecule has 1 unspecified atom stereocenters. The Morgan fingerprint density at radius 3 is 2.48 bits per heavy atom. The molecule has 0 saturated carbocycles. The minimum absolute atomic E-state index is 0. The summed E-state index contributed by atoms with van der Waals surface area (Å²) in [6.07, 6.45) is 5.25. The molecule has 0 amide bonds. The molecule has 8 heteroatoms. The number of aromatic nitrogens is 1. The van der Waals surface area contributed by atoms with Crippen molar-refractivity contribution in [2.45, 2.75) is 25.6 Å². The maximum Gasteiger partial charge on any atom is 0.191 e. The summed E-state index contributed by atoms with van der Waals surface area (Å²) in [6.45, 7) is 3.67. The van der Waals surface area contributed by atoms with E-state index in [-0.39, 0.29) is 24.0 Å². The van der Waals surface area contributed by atoms with E-state index >= 15 is 0 Å². The molecule has 1 aliphatic rings. The second-order valence-corrected chi connectivity index (χ2v) is 7.20. The van der Waals surface area contributed by atoms with Gasteiger partial charge in [0.05, 0.1) is 14.2 Å². The second kappa shape index (κ2) is 11.3. The summed E-state index contributed by atoms with van der Waals surface area (Å²) in [5.74, 6) is 2.50. The number of guanidine groups is 1. The average Bonchev–Trinajstić information content (AvgIpc) is 3.33. The van der Waals surface area contributed by atoms with Crippen molar-refractivity contribution >= 4 is 29.9 Å². The third-order valence-corrected chi connectivity index (χ3v) is 5.01. The van der Waals surface area contributed by atoms with Gasteiger partial charge in [0.25, 0.3) is 0 Å². The SMILES string of the molecule is CN=C(NCc1ccn(C)c1)NC1CCN(Cc2cc(OC)cc(OC)c2)C1.I. The molecule has 1 saturated heterocycles. The number of hydrogen-bond donors (Lipinski definition) is 2. The van der Waals surface area contributed by atoms with Crippen molar-refractivity contribution in [3.05, 3.63) is 47.8 Å². The lowest BCUT2D eigenvalue weighted by molar-refractivity contribution is 0.321. The van der Waals surface area contributed by atoms with Gasteiger partial charge in [0, 0.05) is 64.8 Å². The van der Waals surface area contributed by atoms with Gasteiger partial charge in [-0.2, -0.15) is 0 Å². The van der Waals surface area contributed by atoms with E-state index < -0.39 is 0 Å². The van der Waals surface area contributed by atoms with Gasteiger partial charge in [0.15, 0.2) is 5.96 Å². The number of hydrogen-bond acceptors (Lipinski definition) is 4. The Labute approximate surface area is 190 Å². The van der Waals surface area contributed by atoms with Gasteiger partial charge in [0.1, 0.15) is 11.5 Å². The van der Waals surface area contributed by atoms with Crippen LogP contribution < -0.4 is 20.1 Å².